The van der Waals surface area contributed by atoms with E-state index in [9.17, 15) is 14.7 Å². The summed E-state index contributed by atoms with van der Waals surface area (Å²) in [7, 11) is 0. The minimum atomic E-state index is -0.484. The molecule has 4 heteroatoms. The molecule has 0 heterocycles. The summed E-state index contributed by atoms with van der Waals surface area (Å²) >= 11 is 0. The molecule has 0 saturated heterocycles. The average Bonchev–Trinajstić information content (AvgIpc) is 2.27. The number of hydrogen-bond acceptors (Lipinski definition) is 3. The lowest BCUT2D eigenvalue weighted by atomic mass is 9.91. The van der Waals surface area contributed by atoms with E-state index in [-0.39, 0.29) is 23.6 Å². The minimum absolute atomic E-state index is 0.0320. The van der Waals surface area contributed by atoms with E-state index in [0.717, 1.165) is 0 Å². The Morgan fingerprint density at radius 2 is 1.89 bits per heavy atom. The maximum absolute atomic E-state index is 11.8. The van der Waals surface area contributed by atoms with Gasteiger partial charge in [-0.3, -0.25) is 9.59 Å². The van der Waals surface area contributed by atoms with Crippen LogP contribution in [0, 0.1) is 12.3 Å². The molecule has 1 rings (SSSR count). The summed E-state index contributed by atoms with van der Waals surface area (Å²) in [5, 5.41) is 12.3. The van der Waals surface area contributed by atoms with Gasteiger partial charge in [-0.05, 0) is 18.6 Å². The van der Waals surface area contributed by atoms with Crippen molar-refractivity contribution in [1.82, 2.24) is 5.32 Å². The number of ketones is 1. The highest BCUT2D eigenvalue weighted by atomic mass is 16.3. The fourth-order valence-corrected chi connectivity index (χ4v) is 1.36. The van der Waals surface area contributed by atoms with Crippen molar-refractivity contribution < 1.29 is 14.7 Å². The Hall–Kier alpha value is -1.84. The summed E-state index contributed by atoms with van der Waals surface area (Å²) in [6.07, 6.45) is 0. The average molecular weight is 249 g/mol. The van der Waals surface area contributed by atoms with Crippen LogP contribution >= 0.6 is 0 Å². The van der Waals surface area contributed by atoms with Gasteiger partial charge in [0.25, 0.3) is 5.91 Å². The number of Topliss-reactive ketones (excluding diaryl/α,β-unsaturated/α-hetero) is 1. The van der Waals surface area contributed by atoms with Crippen molar-refractivity contribution >= 4 is 11.7 Å². The van der Waals surface area contributed by atoms with Crippen LogP contribution < -0.4 is 5.32 Å². The summed E-state index contributed by atoms with van der Waals surface area (Å²) < 4.78 is 0. The SMILES string of the molecule is Cc1cccc(C(=O)NCC(=O)C(C)(C)C)c1O. The molecule has 4 nitrogen and oxygen atoms in total. The normalized spacial score (nSPS) is 11.1. The van der Waals surface area contributed by atoms with Gasteiger partial charge in [-0.15, -0.1) is 0 Å². The molecule has 1 aromatic rings. The molecule has 2 N–H and O–H groups in total. The predicted molar refractivity (Wildman–Crippen MR) is 69.6 cm³/mol. The fraction of sp³-hybridized carbons (Fsp3) is 0.429. The molecule has 0 fully saturated rings. The molecule has 0 saturated carbocycles. The zero-order valence-corrected chi connectivity index (χ0v) is 11.2. The molecule has 0 aliphatic rings. The molecular formula is C14H19NO3. The number of carbonyl (C=O) groups excluding carboxylic acids is 2. The van der Waals surface area contributed by atoms with Crippen LogP contribution in [-0.2, 0) is 4.79 Å². The highest BCUT2D eigenvalue weighted by molar-refractivity contribution is 5.99. The lowest BCUT2D eigenvalue weighted by Gasteiger charge is -2.17. The number of phenolic OH excluding ortho intramolecular Hbond substituents is 1. The third kappa shape index (κ3) is 3.32. The number of amides is 1. The molecule has 0 spiro atoms. The third-order valence-electron chi connectivity index (χ3n) is 2.73. The van der Waals surface area contributed by atoms with E-state index >= 15 is 0 Å². The number of hydrogen-bond donors (Lipinski definition) is 2. The largest absolute Gasteiger partial charge is 0.507 e. The smallest absolute Gasteiger partial charge is 0.255 e. The van der Waals surface area contributed by atoms with E-state index < -0.39 is 11.3 Å². The number of para-hydroxylation sites is 1. The number of benzene rings is 1. The first-order chi connectivity index (χ1) is 8.23. The minimum Gasteiger partial charge on any atom is -0.507 e. The van der Waals surface area contributed by atoms with Gasteiger partial charge in [-0.1, -0.05) is 32.9 Å². The monoisotopic (exact) mass is 249 g/mol. The first kappa shape index (κ1) is 14.2. The molecule has 0 unspecified atom stereocenters. The Morgan fingerprint density at radius 1 is 1.28 bits per heavy atom. The molecule has 0 atom stereocenters. The number of nitrogens with one attached hydrogen (secondary N) is 1. The number of aryl methyl sites for hydroxylation is 1. The van der Waals surface area contributed by atoms with Crippen molar-refractivity contribution in [1.29, 1.82) is 0 Å². The predicted octanol–water partition coefficient (Wildman–Crippen LogP) is 2.05. The van der Waals surface area contributed by atoms with Crippen LogP contribution in [0.4, 0.5) is 0 Å². The zero-order valence-electron chi connectivity index (χ0n) is 11.2. The maximum atomic E-state index is 11.8. The van der Waals surface area contributed by atoms with E-state index in [1.165, 1.54) is 6.07 Å². The standard InChI is InChI=1S/C14H19NO3/c1-9-6-5-7-10(12(9)17)13(18)15-8-11(16)14(2,3)4/h5-7,17H,8H2,1-4H3,(H,15,18). The van der Waals surface area contributed by atoms with Gasteiger partial charge < -0.3 is 10.4 Å². The molecule has 1 aromatic carbocycles. The van der Waals surface area contributed by atoms with Gasteiger partial charge in [0.15, 0.2) is 5.78 Å². The van der Waals surface area contributed by atoms with Crippen molar-refractivity contribution in [3.8, 4) is 5.75 Å². The van der Waals surface area contributed by atoms with Gasteiger partial charge in [0.2, 0.25) is 0 Å². The van der Waals surface area contributed by atoms with Crippen LogP contribution in [0.25, 0.3) is 0 Å². The van der Waals surface area contributed by atoms with Gasteiger partial charge in [-0.25, -0.2) is 0 Å². The van der Waals surface area contributed by atoms with E-state index in [0.29, 0.717) is 5.56 Å². The highest BCUT2D eigenvalue weighted by Crippen LogP contribution is 2.21. The topological polar surface area (TPSA) is 66.4 Å². The lowest BCUT2D eigenvalue weighted by molar-refractivity contribution is -0.125. The maximum Gasteiger partial charge on any atom is 0.255 e. The molecule has 0 aromatic heterocycles. The Balaban J connectivity index is 2.73. The Morgan fingerprint density at radius 3 is 2.44 bits per heavy atom. The van der Waals surface area contributed by atoms with Gasteiger partial charge >= 0.3 is 0 Å². The van der Waals surface area contributed by atoms with Crippen LogP contribution in [0.15, 0.2) is 18.2 Å². The van der Waals surface area contributed by atoms with Crippen molar-refractivity contribution in [3.63, 3.8) is 0 Å². The Bertz CT molecular complexity index is 472. The first-order valence-corrected chi connectivity index (χ1v) is 5.83. The number of rotatable bonds is 3. The first-order valence-electron chi connectivity index (χ1n) is 5.83. The third-order valence-corrected chi connectivity index (χ3v) is 2.73. The van der Waals surface area contributed by atoms with Crippen LogP contribution in [0.1, 0.15) is 36.7 Å². The fourth-order valence-electron chi connectivity index (χ4n) is 1.36. The Kier molecular flexibility index (Phi) is 4.11. The van der Waals surface area contributed by atoms with Crippen LogP contribution in [0.3, 0.4) is 0 Å². The van der Waals surface area contributed by atoms with Crippen molar-refractivity contribution in [3.05, 3.63) is 29.3 Å². The van der Waals surface area contributed by atoms with E-state index in [1.807, 2.05) is 0 Å². The summed E-state index contributed by atoms with van der Waals surface area (Å²) in [5.41, 5.74) is 0.337. The van der Waals surface area contributed by atoms with E-state index in [2.05, 4.69) is 5.32 Å². The summed E-state index contributed by atoms with van der Waals surface area (Å²) in [6, 6.07) is 4.93. The highest BCUT2D eigenvalue weighted by Gasteiger charge is 2.22. The number of aromatic hydroxyl groups is 1. The quantitative estimate of drug-likeness (QED) is 0.861. The van der Waals surface area contributed by atoms with Crippen LogP contribution in [0.2, 0.25) is 0 Å². The van der Waals surface area contributed by atoms with Gasteiger partial charge in [0, 0.05) is 5.41 Å². The molecule has 0 radical (unpaired) electrons. The summed E-state index contributed by atoms with van der Waals surface area (Å²) in [4.78, 5) is 23.5. The van der Waals surface area contributed by atoms with Crippen molar-refractivity contribution in [2.75, 3.05) is 6.54 Å². The van der Waals surface area contributed by atoms with Crippen molar-refractivity contribution in [2.45, 2.75) is 27.7 Å². The molecule has 0 aliphatic carbocycles. The molecule has 1 amide bonds. The zero-order chi connectivity index (χ0) is 13.9. The van der Waals surface area contributed by atoms with Crippen LogP contribution in [-0.4, -0.2) is 23.3 Å². The second kappa shape index (κ2) is 5.21. The van der Waals surface area contributed by atoms with Gasteiger partial charge in [0.05, 0.1) is 12.1 Å². The molecule has 0 aliphatic heterocycles. The van der Waals surface area contributed by atoms with Gasteiger partial charge in [0.1, 0.15) is 5.75 Å². The number of carbonyl (C=O) groups is 2. The molecule has 0 bridgehead atoms. The van der Waals surface area contributed by atoms with Crippen LogP contribution in [0.5, 0.6) is 5.75 Å². The summed E-state index contributed by atoms with van der Waals surface area (Å²) in [5.74, 6) is -0.532. The second-order valence-corrected chi connectivity index (χ2v) is 5.33. The number of phenols is 1. The summed E-state index contributed by atoms with van der Waals surface area (Å²) in [6.45, 7) is 7.07. The van der Waals surface area contributed by atoms with E-state index in [4.69, 9.17) is 0 Å². The lowest BCUT2D eigenvalue weighted by Crippen LogP contribution is -2.35. The van der Waals surface area contributed by atoms with Crippen molar-refractivity contribution in [2.24, 2.45) is 5.41 Å². The van der Waals surface area contributed by atoms with Gasteiger partial charge in [-0.2, -0.15) is 0 Å². The Labute approximate surface area is 107 Å². The molecule has 18 heavy (non-hydrogen) atoms. The molecular weight excluding hydrogens is 230 g/mol. The second-order valence-electron chi connectivity index (χ2n) is 5.33. The van der Waals surface area contributed by atoms with E-state index in [1.54, 1.807) is 39.8 Å². The molecule has 98 valence electrons.